The lowest BCUT2D eigenvalue weighted by Crippen LogP contribution is -2.42. The number of nitrogens with zero attached hydrogens (tertiary/aromatic N) is 3. The Bertz CT molecular complexity index is 1410. The summed E-state index contributed by atoms with van der Waals surface area (Å²) in [5.41, 5.74) is 16.9. The molecule has 3 heterocycles. The number of fused-ring (bicyclic) bond motifs is 1. The van der Waals surface area contributed by atoms with Gasteiger partial charge in [0.2, 0.25) is 0 Å². The van der Waals surface area contributed by atoms with Crippen molar-refractivity contribution in [3.05, 3.63) is 81.1 Å². The number of nitrogen functional groups attached to an aromatic ring is 1. The van der Waals surface area contributed by atoms with Crippen LogP contribution in [0.1, 0.15) is 32.0 Å². The summed E-state index contributed by atoms with van der Waals surface area (Å²) in [5.74, 6) is -0.578. The molecule has 0 saturated carbocycles. The van der Waals surface area contributed by atoms with Crippen molar-refractivity contribution in [2.75, 3.05) is 36.6 Å². The molecule has 5 rings (SSSR count). The van der Waals surface area contributed by atoms with E-state index >= 15 is 0 Å². The van der Waals surface area contributed by atoms with E-state index in [4.69, 9.17) is 11.5 Å². The Hall–Kier alpha value is -3.89. The molecule has 2 aromatic carbocycles. The highest BCUT2D eigenvalue weighted by Gasteiger charge is 2.36. The van der Waals surface area contributed by atoms with E-state index in [0.29, 0.717) is 24.3 Å². The fraction of sp³-hybridized carbons (Fsp3) is 0.192. The van der Waals surface area contributed by atoms with E-state index in [0.717, 1.165) is 32.3 Å². The largest absolute Gasteiger partial charge is 0.398 e. The van der Waals surface area contributed by atoms with Crippen molar-refractivity contribution in [1.29, 1.82) is 0 Å². The smallest absolute Gasteiger partial charge is 0.322 e. The third-order valence-corrected chi connectivity index (χ3v) is 8.25. The highest BCUT2D eigenvalue weighted by atomic mass is 32.1. The van der Waals surface area contributed by atoms with Crippen molar-refractivity contribution in [3.8, 4) is 10.4 Å². The van der Waals surface area contributed by atoms with Crippen LogP contribution in [0.4, 0.5) is 21.9 Å². The number of hydrogen-bond donors (Lipinski definition) is 3. The molecule has 0 aliphatic carbocycles. The van der Waals surface area contributed by atoms with Crippen molar-refractivity contribution in [3.63, 3.8) is 0 Å². The fourth-order valence-corrected chi connectivity index (χ4v) is 6.15. The molecule has 1 atom stereocenters. The normalized spacial score (nSPS) is 14.8. The number of primary amides is 1. The van der Waals surface area contributed by atoms with Gasteiger partial charge in [-0.2, -0.15) is 0 Å². The molecule has 1 unspecified atom stereocenters. The minimum Gasteiger partial charge on any atom is -0.398 e. The first-order valence-electron chi connectivity index (χ1n) is 11.4. The van der Waals surface area contributed by atoms with E-state index in [2.05, 4.69) is 10.3 Å². The molecule has 10 heteroatoms. The minimum atomic E-state index is -0.578. The minimum absolute atomic E-state index is 0.236. The van der Waals surface area contributed by atoms with Crippen molar-refractivity contribution in [1.82, 2.24) is 9.88 Å². The molecular weight excluding hydrogens is 492 g/mol. The first kappa shape index (κ1) is 23.8. The number of rotatable bonds is 5. The van der Waals surface area contributed by atoms with Gasteiger partial charge >= 0.3 is 6.03 Å². The number of urea groups is 1. The number of thiophene rings is 1. The number of amides is 3. The predicted octanol–water partition coefficient (Wildman–Crippen LogP) is 4.80. The van der Waals surface area contributed by atoms with Gasteiger partial charge in [0.05, 0.1) is 16.6 Å². The van der Waals surface area contributed by atoms with Crippen LogP contribution in [0.15, 0.2) is 60.0 Å². The maximum absolute atomic E-state index is 13.6. The molecule has 0 bridgehead atoms. The third kappa shape index (κ3) is 4.52. The highest BCUT2D eigenvalue weighted by molar-refractivity contribution is 7.14. The number of carbonyl (C=O) groups excluding carboxylic acids is 2. The molecule has 5 N–H and O–H groups in total. The van der Waals surface area contributed by atoms with Gasteiger partial charge in [-0.1, -0.05) is 12.1 Å². The molecule has 184 valence electrons. The summed E-state index contributed by atoms with van der Waals surface area (Å²) in [6.45, 7) is 0.421. The summed E-state index contributed by atoms with van der Waals surface area (Å²) in [6, 6.07) is 16.8. The van der Waals surface area contributed by atoms with E-state index in [-0.39, 0.29) is 11.0 Å². The number of nitrogens with one attached hydrogen (secondary N) is 1. The topological polar surface area (TPSA) is 118 Å². The van der Waals surface area contributed by atoms with Crippen LogP contribution in [0.2, 0.25) is 0 Å². The Morgan fingerprint density at radius 3 is 2.58 bits per heavy atom. The summed E-state index contributed by atoms with van der Waals surface area (Å²) >= 11 is 2.86. The van der Waals surface area contributed by atoms with Gasteiger partial charge in [0, 0.05) is 54.6 Å². The van der Waals surface area contributed by atoms with Crippen molar-refractivity contribution >= 4 is 51.7 Å². The number of aromatic nitrogens is 1. The second-order valence-corrected chi connectivity index (χ2v) is 10.7. The van der Waals surface area contributed by atoms with Gasteiger partial charge < -0.3 is 26.6 Å². The van der Waals surface area contributed by atoms with Gasteiger partial charge in [-0.15, -0.1) is 22.7 Å². The average molecular weight is 519 g/mol. The van der Waals surface area contributed by atoms with E-state index in [1.807, 2.05) is 79.0 Å². The zero-order chi connectivity index (χ0) is 25.4. The van der Waals surface area contributed by atoms with Gasteiger partial charge in [0.25, 0.3) is 5.91 Å². The molecule has 0 fully saturated rings. The Morgan fingerprint density at radius 1 is 1.14 bits per heavy atom. The van der Waals surface area contributed by atoms with Gasteiger partial charge in [0.1, 0.15) is 0 Å². The molecule has 0 saturated heterocycles. The Morgan fingerprint density at radius 2 is 1.92 bits per heavy atom. The van der Waals surface area contributed by atoms with Crippen LogP contribution >= 0.6 is 22.7 Å². The van der Waals surface area contributed by atoms with Crippen LogP contribution in [0, 0.1) is 0 Å². The number of benzene rings is 2. The molecule has 0 spiro atoms. The lowest BCUT2D eigenvalue weighted by Gasteiger charge is -2.36. The van der Waals surface area contributed by atoms with Crippen LogP contribution in [-0.2, 0) is 6.42 Å². The summed E-state index contributed by atoms with van der Waals surface area (Å²) in [5, 5.41) is 5.28. The zero-order valence-electron chi connectivity index (χ0n) is 19.9. The van der Waals surface area contributed by atoms with E-state index in [1.165, 1.54) is 11.3 Å². The van der Waals surface area contributed by atoms with Gasteiger partial charge in [-0.05, 0) is 53.4 Å². The Balaban J connectivity index is 1.55. The van der Waals surface area contributed by atoms with Gasteiger partial charge in [-0.3, -0.25) is 4.79 Å². The molecule has 36 heavy (non-hydrogen) atoms. The van der Waals surface area contributed by atoms with Crippen LogP contribution in [0.5, 0.6) is 0 Å². The quantitative estimate of drug-likeness (QED) is 0.328. The second kappa shape index (κ2) is 9.63. The predicted molar refractivity (Wildman–Crippen MR) is 147 cm³/mol. The fourth-order valence-electron chi connectivity index (χ4n) is 4.33. The highest BCUT2D eigenvalue weighted by Crippen LogP contribution is 2.42. The van der Waals surface area contributed by atoms with Crippen LogP contribution in [0.3, 0.4) is 0 Å². The summed E-state index contributed by atoms with van der Waals surface area (Å²) in [4.78, 5) is 35.7. The number of thiazole rings is 1. The molecule has 1 aliphatic heterocycles. The van der Waals surface area contributed by atoms with Crippen LogP contribution in [0.25, 0.3) is 10.4 Å². The molecule has 1 aliphatic rings. The molecule has 8 nitrogen and oxygen atoms in total. The molecular formula is C26H26N6O2S2. The summed E-state index contributed by atoms with van der Waals surface area (Å²) in [6.07, 6.45) is 0.521. The first-order valence-corrected chi connectivity index (χ1v) is 13.1. The van der Waals surface area contributed by atoms with E-state index < -0.39 is 11.9 Å². The second-order valence-electron chi connectivity index (χ2n) is 8.73. The third-order valence-electron chi connectivity index (χ3n) is 6.17. The monoisotopic (exact) mass is 518 g/mol. The van der Waals surface area contributed by atoms with Crippen molar-refractivity contribution in [2.45, 2.75) is 12.5 Å². The van der Waals surface area contributed by atoms with Crippen LogP contribution in [-0.4, -0.2) is 42.5 Å². The average Bonchev–Trinajstić information content (AvgIpc) is 3.55. The van der Waals surface area contributed by atoms with E-state index in [9.17, 15) is 9.59 Å². The standard InChI is InChI=1S/C26H26N6O2S2/c1-31(2)17-8-6-16(7-9-17)29-26(34)32-12-11-20-23(36-25(30-20)24(28)33)22(32)18-14-15(5-10-19(18)27)21-4-3-13-35-21/h3-10,13-14,22H,11-12,27H2,1-2H3,(H2,28,33)(H,29,34). The van der Waals surface area contributed by atoms with Crippen molar-refractivity contribution < 1.29 is 9.59 Å². The SMILES string of the molecule is CN(C)c1ccc(NC(=O)N2CCc3nc(C(N)=O)sc3C2c2cc(-c3cccs3)ccc2N)cc1. The summed E-state index contributed by atoms with van der Waals surface area (Å²) < 4.78 is 0. The molecule has 3 amide bonds. The Labute approximate surface area is 217 Å². The molecule has 0 radical (unpaired) electrons. The lowest BCUT2D eigenvalue weighted by molar-refractivity contribution is 0.0999. The zero-order valence-corrected chi connectivity index (χ0v) is 21.5. The number of hydrogen-bond acceptors (Lipinski definition) is 7. The number of anilines is 3. The number of nitrogens with two attached hydrogens (primary N) is 2. The van der Waals surface area contributed by atoms with Crippen molar-refractivity contribution in [2.24, 2.45) is 5.73 Å². The summed E-state index contributed by atoms with van der Waals surface area (Å²) in [7, 11) is 3.93. The Kier molecular flexibility index (Phi) is 6.38. The van der Waals surface area contributed by atoms with Gasteiger partial charge in [-0.25, -0.2) is 9.78 Å². The van der Waals surface area contributed by atoms with Gasteiger partial charge in [0.15, 0.2) is 5.01 Å². The van der Waals surface area contributed by atoms with Crippen LogP contribution < -0.4 is 21.7 Å². The van der Waals surface area contributed by atoms with E-state index in [1.54, 1.807) is 16.2 Å². The first-order chi connectivity index (χ1) is 17.3. The maximum atomic E-state index is 13.6. The number of carbonyl (C=O) groups is 2. The lowest BCUT2D eigenvalue weighted by atomic mass is 9.94. The molecule has 2 aromatic heterocycles. The molecule has 4 aromatic rings. The maximum Gasteiger partial charge on any atom is 0.322 e.